The van der Waals surface area contributed by atoms with Crippen LogP contribution in [0.3, 0.4) is 0 Å². The SMILES string of the molecule is CC(C)n1ncnc1-c1cccc(C(=O)N(C)Cc2cccc(O)c2)c1. The van der Waals surface area contributed by atoms with Crippen LogP contribution in [0.1, 0.15) is 35.8 Å². The summed E-state index contributed by atoms with van der Waals surface area (Å²) in [5.74, 6) is 0.842. The van der Waals surface area contributed by atoms with Gasteiger partial charge in [0, 0.05) is 30.8 Å². The fraction of sp³-hybridized carbons (Fsp3) is 0.250. The first-order valence-corrected chi connectivity index (χ1v) is 8.49. The third-order valence-corrected chi connectivity index (χ3v) is 4.11. The molecule has 3 rings (SSSR count). The van der Waals surface area contributed by atoms with Crippen LogP contribution in [0.4, 0.5) is 0 Å². The number of amides is 1. The molecule has 0 aliphatic rings. The van der Waals surface area contributed by atoms with E-state index in [2.05, 4.69) is 10.1 Å². The average Bonchev–Trinajstić information content (AvgIpc) is 3.11. The zero-order valence-electron chi connectivity index (χ0n) is 15.1. The van der Waals surface area contributed by atoms with Crippen molar-refractivity contribution >= 4 is 5.91 Å². The molecule has 0 radical (unpaired) electrons. The van der Waals surface area contributed by atoms with Crippen molar-refractivity contribution in [1.82, 2.24) is 19.7 Å². The Hall–Kier alpha value is -3.15. The van der Waals surface area contributed by atoms with E-state index in [1.807, 2.05) is 42.8 Å². The molecule has 1 aromatic heterocycles. The molecule has 0 aliphatic heterocycles. The maximum Gasteiger partial charge on any atom is 0.253 e. The molecule has 0 bridgehead atoms. The lowest BCUT2D eigenvalue weighted by Gasteiger charge is -2.18. The molecule has 0 aliphatic carbocycles. The lowest BCUT2D eigenvalue weighted by Crippen LogP contribution is -2.26. The van der Waals surface area contributed by atoms with Crippen molar-refractivity contribution in [3.05, 3.63) is 66.0 Å². The van der Waals surface area contributed by atoms with E-state index in [0.717, 1.165) is 17.0 Å². The molecule has 134 valence electrons. The average molecular weight is 350 g/mol. The Kier molecular flexibility index (Phi) is 5.02. The number of aromatic hydroxyl groups is 1. The normalized spacial score (nSPS) is 10.9. The monoisotopic (exact) mass is 350 g/mol. The molecule has 2 aromatic carbocycles. The van der Waals surface area contributed by atoms with E-state index in [4.69, 9.17) is 0 Å². The second kappa shape index (κ2) is 7.39. The highest BCUT2D eigenvalue weighted by molar-refractivity contribution is 5.95. The van der Waals surface area contributed by atoms with E-state index in [1.54, 1.807) is 36.2 Å². The van der Waals surface area contributed by atoms with Crippen LogP contribution in [0.15, 0.2) is 54.9 Å². The molecule has 3 aromatic rings. The van der Waals surface area contributed by atoms with Crippen molar-refractivity contribution < 1.29 is 9.90 Å². The molecule has 0 saturated heterocycles. The van der Waals surface area contributed by atoms with Crippen LogP contribution in [-0.4, -0.2) is 37.7 Å². The molecule has 1 N–H and O–H groups in total. The predicted octanol–water partition coefficient (Wildman–Crippen LogP) is 3.50. The highest BCUT2D eigenvalue weighted by atomic mass is 16.3. The number of nitrogens with zero attached hydrogens (tertiary/aromatic N) is 4. The quantitative estimate of drug-likeness (QED) is 0.764. The molecule has 1 amide bonds. The number of phenols is 1. The number of hydrogen-bond donors (Lipinski definition) is 1. The van der Waals surface area contributed by atoms with Crippen LogP contribution >= 0.6 is 0 Å². The van der Waals surface area contributed by atoms with Gasteiger partial charge in [-0.2, -0.15) is 5.10 Å². The number of phenolic OH excluding ortho intramolecular Hbond substituents is 1. The summed E-state index contributed by atoms with van der Waals surface area (Å²) in [6, 6.07) is 14.5. The fourth-order valence-electron chi connectivity index (χ4n) is 2.85. The number of aromatic nitrogens is 3. The highest BCUT2D eigenvalue weighted by Gasteiger charge is 2.15. The van der Waals surface area contributed by atoms with E-state index < -0.39 is 0 Å². The summed E-state index contributed by atoms with van der Waals surface area (Å²) in [7, 11) is 1.75. The fourth-order valence-corrected chi connectivity index (χ4v) is 2.85. The van der Waals surface area contributed by atoms with Gasteiger partial charge in [-0.1, -0.05) is 24.3 Å². The Morgan fingerprint density at radius 2 is 1.96 bits per heavy atom. The molecule has 26 heavy (non-hydrogen) atoms. The number of rotatable bonds is 5. The van der Waals surface area contributed by atoms with Crippen molar-refractivity contribution in [2.75, 3.05) is 7.05 Å². The van der Waals surface area contributed by atoms with Crippen molar-refractivity contribution in [2.45, 2.75) is 26.4 Å². The Morgan fingerprint density at radius 1 is 1.19 bits per heavy atom. The largest absolute Gasteiger partial charge is 0.508 e. The summed E-state index contributed by atoms with van der Waals surface area (Å²) in [6.07, 6.45) is 1.53. The zero-order chi connectivity index (χ0) is 18.7. The summed E-state index contributed by atoms with van der Waals surface area (Å²) < 4.78 is 1.83. The molecule has 0 unspecified atom stereocenters. The Morgan fingerprint density at radius 3 is 2.69 bits per heavy atom. The van der Waals surface area contributed by atoms with E-state index in [9.17, 15) is 9.90 Å². The molecular formula is C20H22N4O2. The van der Waals surface area contributed by atoms with Gasteiger partial charge < -0.3 is 10.0 Å². The van der Waals surface area contributed by atoms with Crippen molar-refractivity contribution in [2.24, 2.45) is 0 Å². The number of carbonyl (C=O) groups excluding carboxylic acids is 1. The summed E-state index contributed by atoms with van der Waals surface area (Å²) >= 11 is 0. The summed E-state index contributed by atoms with van der Waals surface area (Å²) in [5, 5.41) is 13.8. The lowest BCUT2D eigenvalue weighted by atomic mass is 10.1. The number of benzene rings is 2. The van der Waals surface area contributed by atoms with Gasteiger partial charge in [0.25, 0.3) is 5.91 Å². The van der Waals surface area contributed by atoms with E-state index in [-0.39, 0.29) is 17.7 Å². The summed E-state index contributed by atoms with van der Waals surface area (Å²) in [6.45, 7) is 4.49. The van der Waals surface area contributed by atoms with E-state index in [0.29, 0.717) is 12.1 Å². The Bertz CT molecular complexity index is 917. The zero-order valence-corrected chi connectivity index (χ0v) is 15.1. The minimum absolute atomic E-state index is 0.0918. The third-order valence-electron chi connectivity index (χ3n) is 4.11. The minimum atomic E-state index is -0.0918. The molecule has 0 fully saturated rings. The second-order valence-electron chi connectivity index (χ2n) is 6.53. The van der Waals surface area contributed by atoms with Gasteiger partial charge in [0.2, 0.25) is 0 Å². The van der Waals surface area contributed by atoms with Crippen molar-refractivity contribution in [3.63, 3.8) is 0 Å². The molecule has 6 nitrogen and oxygen atoms in total. The Balaban J connectivity index is 1.83. The maximum absolute atomic E-state index is 12.8. The van der Waals surface area contributed by atoms with Crippen LogP contribution < -0.4 is 0 Å². The summed E-state index contributed by atoms with van der Waals surface area (Å²) in [4.78, 5) is 18.8. The molecule has 0 atom stereocenters. The molecule has 0 saturated carbocycles. The van der Waals surface area contributed by atoms with Crippen LogP contribution in [0.5, 0.6) is 5.75 Å². The van der Waals surface area contributed by atoms with E-state index >= 15 is 0 Å². The first-order chi connectivity index (χ1) is 12.5. The summed E-state index contributed by atoms with van der Waals surface area (Å²) in [5.41, 5.74) is 2.31. The number of hydrogen-bond acceptors (Lipinski definition) is 4. The third kappa shape index (κ3) is 3.74. The van der Waals surface area contributed by atoms with Gasteiger partial charge in [-0.3, -0.25) is 4.79 Å². The predicted molar refractivity (Wildman–Crippen MR) is 99.7 cm³/mol. The van der Waals surface area contributed by atoms with Crippen LogP contribution in [0.25, 0.3) is 11.4 Å². The second-order valence-corrected chi connectivity index (χ2v) is 6.53. The van der Waals surface area contributed by atoms with Gasteiger partial charge >= 0.3 is 0 Å². The lowest BCUT2D eigenvalue weighted by molar-refractivity contribution is 0.0785. The standard InChI is InChI=1S/C20H22N4O2/c1-14(2)24-19(21-13-22-24)16-7-5-8-17(11-16)20(26)23(3)12-15-6-4-9-18(25)10-15/h4-11,13-14,25H,12H2,1-3H3. The van der Waals surface area contributed by atoms with Gasteiger partial charge in [-0.25, -0.2) is 9.67 Å². The van der Waals surface area contributed by atoms with Crippen LogP contribution in [0.2, 0.25) is 0 Å². The van der Waals surface area contributed by atoms with Crippen LogP contribution in [-0.2, 0) is 6.54 Å². The van der Waals surface area contributed by atoms with Crippen molar-refractivity contribution in [1.29, 1.82) is 0 Å². The van der Waals surface area contributed by atoms with Gasteiger partial charge in [-0.05, 0) is 43.7 Å². The van der Waals surface area contributed by atoms with Gasteiger partial charge in [0.15, 0.2) is 5.82 Å². The van der Waals surface area contributed by atoms with Crippen molar-refractivity contribution in [3.8, 4) is 17.1 Å². The highest BCUT2D eigenvalue weighted by Crippen LogP contribution is 2.22. The smallest absolute Gasteiger partial charge is 0.253 e. The topological polar surface area (TPSA) is 71.2 Å². The van der Waals surface area contributed by atoms with Gasteiger partial charge in [-0.15, -0.1) is 0 Å². The molecular weight excluding hydrogens is 328 g/mol. The van der Waals surface area contributed by atoms with Crippen LogP contribution in [0, 0.1) is 0 Å². The molecule has 6 heteroatoms. The maximum atomic E-state index is 12.8. The minimum Gasteiger partial charge on any atom is -0.508 e. The first kappa shape index (κ1) is 17.7. The molecule has 1 heterocycles. The Labute approximate surface area is 152 Å². The van der Waals surface area contributed by atoms with Gasteiger partial charge in [0.05, 0.1) is 0 Å². The van der Waals surface area contributed by atoms with Gasteiger partial charge in [0.1, 0.15) is 12.1 Å². The molecule has 0 spiro atoms. The van der Waals surface area contributed by atoms with E-state index in [1.165, 1.54) is 6.33 Å². The number of carbonyl (C=O) groups is 1. The first-order valence-electron chi connectivity index (χ1n) is 8.49.